The van der Waals surface area contributed by atoms with E-state index >= 15 is 0 Å². The van der Waals surface area contributed by atoms with Crippen molar-refractivity contribution in [1.82, 2.24) is 9.55 Å². The second-order valence-corrected chi connectivity index (χ2v) is 7.24. The Morgan fingerprint density at radius 3 is 2.19 bits per heavy atom. The summed E-state index contributed by atoms with van der Waals surface area (Å²) in [6, 6.07) is 25.3. The van der Waals surface area contributed by atoms with E-state index in [9.17, 15) is 4.79 Å². The first kappa shape index (κ1) is 20.1. The molecule has 1 heterocycles. The Hall–Kier alpha value is -4.19. The number of imidazole rings is 1. The Bertz CT molecular complexity index is 1210. The minimum Gasteiger partial charge on any atom is -0.481 e. The largest absolute Gasteiger partial charge is 0.481 e. The second kappa shape index (κ2) is 8.67. The molecular formula is C25H22N4O2. The summed E-state index contributed by atoms with van der Waals surface area (Å²) in [5.41, 5.74) is 10.9. The minimum atomic E-state index is -0.802. The average molecular weight is 410 g/mol. The summed E-state index contributed by atoms with van der Waals surface area (Å²) < 4.78 is 2.04. The van der Waals surface area contributed by atoms with Crippen LogP contribution >= 0.6 is 0 Å². The molecule has 4 rings (SSSR count). The van der Waals surface area contributed by atoms with Crippen molar-refractivity contribution in [1.29, 1.82) is 5.41 Å². The van der Waals surface area contributed by atoms with Gasteiger partial charge in [-0.15, -0.1) is 0 Å². The summed E-state index contributed by atoms with van der Waals surface area (Å²) in [5, 5.41) is 16.5. The van der Waals surface area contributed by atoms with Gasteiger partial charge in [-0.3, -0.25) is 14.8 Å². The summed E-state index contributed by atoms with van der Waals surface area (Å²) in [5.74, 6) is 0.0239. The first-order valence-corrected chi connectivity index (χ1v) is 9.92. The van der Waals surface area contributed by atoms with Gasteiger partial charge in [-0.25, -0.2) is 4.98 Å². The third kappa shape index (κ3) is 4.53. The molecule has 0 fully saturated rings. The molecule has 4 aromatic rings. The number of carbonyl (C=O) groups is 1. The van der Waals surface area contributed by atoms with Gasteiger partial charge in [-0.1, -0.05) is 66.7 Å². The molecule has 0 saturated heterocycles. The van der Waals surface area contributed by atoms with Crippen molar-refractivity contribution in [2.24, 2.45) is 5.73 Å². The number of nitrogens with one attached hydrogen (secondary N) is 1. The molecule has 6 heteroatoms. The number of hydrogen-bond donors (Lipinski definition) is 3. The molecule has 0 radical (unpaired) electrons. The molecule has 6 nitrogen and oxygen atoms in total. The van der Waals surface area contributed by atoms with Gasteiger partial charge < -0.3 is 10.8 Å². The number of nitrogens with two attached hydrogens (primary N) is 1. The van der Waals surface area contributed by atoms with Crippen molar-refractivity contribution >= 4 is 11.8 Å². The Morgan fingerprint density at radius 1 is 0.935 bits per heavy atom. The fourth-order valence-electron chi connectivity index (χ4n) is 3.40. The predicted octanol–water partition coefficient (Wildman–Crippen LogP) is 4.51. The SMILES string of the molecule is N=C(N)c1ccc(-c2cn(-c3ccccc3)c(-c3ccc(CCC(=O)O)cc3)n2)cc1. The molecule has 0 saturated carbocycles. The van der Waals surface area contributed by atoms with E-state index in [-0.39, 0.29) is 12.3 Å². The Labute approximate surface area is 180 Å². The summed E-state index contributed by atoms with van der Waals surface area (Å²) >= 11 is 0. The standard InChI is InChI=1S/C25H22N4O2/c26-24(27)19-13-11-18(12-14-19)22-16-29(21-4-2-1-3-5-21)25(28-22)20-9-6-17(7-10-20)8-15-23(30)31/h1-7,9-14,16H,8,15H2,(H3,26,27)(H,30,31). The van der Waals surface area contributed by atoms with Crippen LogP contribution in [0.1, 0.15) is 17.5 Å². The Kier molecular flexibility index (Phi) is 5.62. The number of rotatable bonds is 7. The quantitative estimate of drug-likeness (QED) is 0.308. The zero-order valence-electron chi connectivity index (χ0n) is 16.8. The van der Waals surface area contributed by atoms with Crippen LogP contribution in [0.2, 0.25) is 0 Å². The average Bonchev–Trinajstić information content (AvgIpc) is 3.24. The normalized spacial score (nSPS) is 10.7. The van der Waals surface area contributed by atoms with E-state index in [1.165, 1.54) is 0 Å². The molecule has 0 amide bonds. The lowest BCUT2D eigenvalue weighted by atomic mass is 10.1. The lowest BCUT2D eigenvalue weighted by Crippen LogP contribution is -2.10. The molecule has 0 atom stereocenters. The number of hydrogen-bond acceptors (Lipinski definition) is 3. The van der Waals surface area contributed by atoms with E-state index in [1.807, 2.05) is 89.6 Å². The van der Waals surface area contributed by atoms with Crippen LogP contribution in [0.5, 0.6) is 0 Å². The van der Waals surface area contributed by atoms with Crippen molar-refractivity contribution in [3.63, 3.8) is 0 Å². The maximum Gasteiger partial charge on any atom is 0.303 e. The van der Waals surface area contributed by atoms with Crippen molar-refractivity contribution in [2.45, 2.75) is 12.8 Å². The molecule has 0 aliphatic heterocycles. The molecule has 3 aromatic carbocycles. The van der Waals surface area contributed by atoms with Gasteiger partial charge in [0.25, 0.3) is 0 Å². The highest BCUT2D eigenvalue weighted by atomic mass is 16.4. The van der Waals surface area contributed by atoms with Gasteiger partial charge in [-0.05, 0) is 24.1 Å². The number of aryl methyl sites for hydroxylation is 1. The van der Waals surface area contributed by atoms with E-state index < -0.39 is 5.97 Å². The van der Waals surface area contributed by atoms with Crippen LogP contribution in [0.3, 0.4) is 0 Å². The number of amidine groups is 1. The molecule has 1 aromatic heterocycles. The van der Waals surface area contributed by atoms with E-state index in [0.717, 1.165) is 33.9 Å². The first-order chi connectivity index (χ1) is 15.0. The molecule has 0 aliphatic rings. The predicted molar refractivity (Wildman–Crippen MR) is 121 cm³/mol. The number of benzene rings is 3. The molecule has 0 aliphatic carbocycles. The number of carboxylic acids is 1. The highest BCUT2D eigenvalue weighted by molar-refractivity contribution is 5.95. The smallest absolute Gasteiger partial charge is 0.303 e. The van der Waals surface area contributed by atoms with Crippen molar-refractivity contribution in [3.05, 3.63) is 96.2 Å². The zero-order valence-corrected chi connectivity index (χ0v) is 16.8. The van der Waals surface area contributed by atoms with Gasteiger partial charge in [-0.2, -0.15) is 0 Å². The van der Waals surface area contributed by atoms with E-state index in [2.05, 4.69) is 0 Å². The molecule has 0 spiro atoms. The highest BCUT2D eigenvalue weighted by Gasteiger charge is 2.14. The molecule has 31 heavy (non-hydrogen) atoms. The summed E-state index contributed by atoms with van der Waals surface area (Å²) in [6.07, 6.45) is 2.60. The maximum absolute atomic E-state index is 10.8. The van der Waals surface area contributed by atoms with Gasteiger partial charge in [0.05, 0.1) is 5.69 Å². The van der Waals surface area contributed by atoms with Crippen LogP contribution in [0.15, 0.2) is 85.1 Å². The topological polar surface area (TPSA) is 105 Å². The molecular weight excluding hydrogens is 388 g/mol. The third-order valence-electron chi connectivity index (χ3n) is 5.07. The highest BCUT2D eigenvalue weighted by Crippen LogP contribution is 2.28. The van der Waals surface area contributed by atoms with E-state index in [0.29, 0.717) is 12.0 Å². The lowest BCUT2D eigenvalue weighted by Gasteiger charge is -2.08. The Balaban J connectivity index is 1.74. The summed E-state index contributed by atoms with van der Waals surface area (Å²) in [7, 11) is 0. The van der Waals surface area contributed by atoms with Gasteiger partial charge in [0.2, 0.25) is 0 Å². The van der Waals surface area contributed by atoms with Crippen LogP contribution in [0.4, 0.5) is 0 Å². The summed E-state index contributed by atoms with van der Waals surface area (Å²) in [6.45, 7) is 0. The van der Waals surface area contributed by atoms with Gasteiger partial charge in [0, 0.05) is 35.0 Å². The van der Waals surface area contributed by atoms with Crippen LogP contribution in [-0.2, 0) is 11.2 Å². The molecule has 4 N–H and O–H groups in total. The van der Waals surface area contributed by atoms with Gasteiger partial charge in [0.15, 0.2) is 0 Å². The van der Waals surface area contributed by atoms with Crippen LogP contribution in [0.25, 0.3) is 28.3 Å². The number of aromatic nitrogens is 2. The first-order valence-electron chi connectivity index (χ1n) is 9.92. The zero-order chi connectivity index (χ0) is 21.8. The maximum atomic E-state index is 10.8. The van der Waals surface area contributed by atoms with Gasteiger partial charge >= 0.3 is 5.97 Å². The number of nitrogens with zero attached hydrogens (tertiary/aromatic N) is 2. The number of para-hydroxylation sites is 1. The van der Waals surface area contributed by atoms with Crippen molar-refractivity contribution in [2.75, 3.05) is 0 Å². The lowest BCUT2D eigenvalue weighted by molar-refractivity contribution is -0.136. The van der Waals surface area contributed by atoms with E-state index in [1.54, 1.807) is 0 Å². The summed E-state index contributed by atoms with van der Waals surface area (Å²) in [4.78, 5) is 15.7. The molecule has 0 bridgehead atoms. The van der Waals surface area contributed by atoms with Crippen molar-refractivity contribution < 1.29 is 9.90 Å². The van der Waals surface area contributed by atoms with Crippen molar-refractivity contribution in [3.8, 4) is 28.3 Å². The van der Waals surface area contributed by atoms with Crippen LogP contribution in [0, 0.1) is 5.41 Å². The fourth-order valence-corrected chi connectivity index (χ4v) is 3.40. The number of carboxylic acid groups (broad SMARTS) is 1. The molecule has 154 valence electrons. The van der Waals surface area contributed by atoms with Gasteiger partial charge in [0.1, 0.15) is 11.7 Å². The third-order valence-corrected chi connectivity index (χ3v) is 5.07. The fraction of sp³-hybridized carbons (Fsp3) is 0.0800. The molecule has 0 unspecified atom stereocenters. The second-order valence-electron chi connectivity index (χ2n) is 7.24. The minimum absolute atomic E-state index is 0.0324. The number of nitrogen functional groups attached to an aromatic ring is 1. The monoisotopic (exact) mass is 410 g/mol. The van der Waals surface area contributed by atoms with Crippen LogP contribution in [-0.4, -0.2) is 26.5 Å². The Morgan fingerprint density at radius 2 is 1.58 bits per heavy atom. The van der Waals surface area contributed by atoms with Crippen LogP contribution < -0.4 is 5.73 Å². The number of aliphatic carboxylic acids is 1. The van der Waals surface area contributed by atoms with E-state index in [4.69, 9.17) is 21.2 Å².